The van der Waals surface area contributed by atoms with Crippen LogP contribution in [-0.4, -0.2) is 30.6 Å². The van der Waals surface area contributed by atoms with Crippen LogP contribution in [0.5, 0.6) is 0 Å². The summed E-state index contributed by atoms with van der Waals surface area (Å²) in [4.78, 5) is 2.63. The molecular weight excluding hydrogens is 256 g/mol. The van der Waals surface area contributed by atoms with Gasteiger partial charge < -0.3 is 5.32 Å². The molecule has 0 saturated carbocycles. The zero-order valence-electron chi connectivity index (χ0n) is 14.0. The Bertz CT molecular complexity index is 454. The van der Waals surface area contributed by atoms with Crippen LogP contribution in [0.1, 0.15) is 39.7 Å². The second-order valence-corrected chi connectivity index (χ2v) is 6.49. The van der Waals surface area contributed by atoms with Crippen LogP contribution in [0.25, 0.3) is 0 Å². The van der Waals surface area contributed by atoms with Crippen molar-refractivity contribution in [3.63, 3.8) is 0 Å². The normalized spacial score (nSPS) is 28.9. The lowest BCUT2D eigenvalue weighted by Crippen LogP contribution is -2.62. The summed E-state index contributed by atoms with van der Waals surface area (Å²) < 4.78 is 0. The highest BCUT2D eigenvalue weighted by Crippen LogP contribution is 2.32. The molecule has 2 nitrogen and oxygen atoms in total. The van der Waals surface area contributed by atoms with E-state index in [4.69, 9.17) is 0 Å². The first-order valence-electron chi connectivity index (χ1n) is 8.27. The SMILES string of the molecule is C/C=C/CN1CC(C(C)CC)NCC1(C)c1ccccc1. The average Bonchev–Trinajstić information content (AvgIpc) is 2.54. The van der Waals surface area contributed by atoms with Crippen LogP contribution in [0.3, 0.4) is 0 Å². The van der Waals surface area contributed by atoms with Crippen molar-refractivity contribution >= 4 is 0 Å². The molecule has 1 aliphatic heterocycles. The third-order valence-corrected chi connectivity index (χ3v) is 5.11. The fourth-order valence-electron chi connectivity index (χ4n) is 3.20. The van der Waals surface area contributed by atoms with Crippen LogP contribution >= 0.6 is 0 Å². The summed E-state index contributed by atoms with van der Waals surface area (Å²) in [6, 6.07) is 11.5. The summed E-state index contributed by atoms with van der Waals surface area (Å²) in [6.45, 7) is 12.3. The Balaban J connectivity index is 2.23. The van der Waals surface area contributed by atoms with E-state index in [-0.39, 0.29) is 5.54 Å². The number of allylic oxidation sites excluding steroid dienone is 1. The lowest BCUT2D eigenvalue weighted by atomic mass is 9.84. The largest absolute Gasteiger partial charge is 0.310 e. The third-order valence-electron chi connectivity index (χ3n) is 5.11. The van der Waals surface area contributed by atoms with E-state index >= 15 is 0 Å². The van der Waals surface area contributed by atoms with E-state index in [1.807, 2.05) is 0 Å². The summed E-state index contributed by atoms with van der Waals surface area (Å²) in [5, 5.41) is 3.80. The Morgan fingerprint density at radius 2 is 2.10 bits per heavy atom. The predicted molar refractivity (Wildman–Crippen MR) is 91.4 cm³/mol. The maximum absolute atomic E-state index is 3.80. The molecule has 0 bridgehead atoms. The van der Waals surface area contributed by atoms with Gasteiger partial charge in [0.2, 0.25) is 0 Å². The summed E-state index contributed by atoms with van der Waals surface area (Å²) in [7, 11) is 0. The lowest BCUT2D eigenvalue weighted by molar-refractivity contribution is 0.0473. The van der Waals surface area contributed by atoms with Gasteiger partial charge in [0.25, 0.3) is 0 Å². The second kappa shape index (κ2) is 7.24. The molecule has 0 aromatic heterocycles. The van der Waals surface area contributed by atoms with Crippen LogP contribution in [0.4, 0.5) is 0 Å². The molecule has 3 atom stereocenters. The molecule has 0 radical (unpaired) electrons. The zero-order chi connectivity index (χ0) is 15.3. The molecule has 2 rings (SSSR count). The molecule has 116 valence electrons. The van der Waals surface area contributed by atoms with E-state index in [2.05, 4.69) is 80.4 Å². The quantitative estimate of drug-likeness (QED) is 0.828. The van der Waals surface area contributed by atoms with Gasteiger partial charge in [0.1, 0.15) is 0 Å². The zero-order valence-corrected chi connectivity index (χ0v) is 14.0. The molecular formula is C19H30N2. The summed E-state index contributed by atoms with van der Waals surface area (Å²) >= 11 is 0. The molecule has 3 unspecified atom stereocenters. The Morgan fingerprint density at radius 3 is 2.71 bits per heavy atom. The van der Waals surface area contributed by atoms with Gasteiger partial charge in [0.05, 0.1) is 5.54 Å². The number of benzene rings is 1. The minimum atomic E-state index is 0.0741. The van der Waals surface area contributed by atoms with Crippen LogP contribution in [0.15, 0.2) is 42.5 Å². The summed E-state index contributed by atoms with van der Waals surface area (Å²) in [5.74, 6) is 0.721. The van der Waals surface area contributed by atoms with Gasteiger partial charge in [-0.1, -0.05) is 62.8 Å². The first-order chi connectivity index (χ1) is 10.1. The maximum atomic E-state index is 3.80. The fourth-order valence-corrected chi connectivity index (χ4v) is 3.20. The van der Waals surface area contributed by atoms with E-state index in [9.17, 15) is 0 Å². The molecule has 21 heavy (non-hydrogen) atoms. The van der Waals surface area contributed by atoms with Gasteiger partial charge in [-0.3, -0.25) is 4.90 Å². The fraction of sp³-hybridized carbons (Fsp3) is 0.579. The van der Waals surface area contributed by atoms with Gasteiger partial charge in [-0.2, -0.15) is 0 Å². The molecule has 0 aliphatic carbocycles. The van der Waals surface area contributed by atoms with E-state index in [1.54, 1.807) is 0 Å². The molecule has 1 aromatic carbocycles. The van der Waals surface area contributed by atoms with Gasteiger partial charge in [-0.25, -0.2) is 0 Å². The van der Waals surface area contributed by atoms with Crippen LogP contribution in [0.2, 0.25) is 0 Å². The van der Waals surface area contributed by atoms with Crippen LogP contribution < -0.4 is 5.32 Å². The van der Waals surface area contributed by atoms with Crippen molar-refractivity contribution in [2.45, 2.75) is 45.7 Å². The molecule has 1 heterocycles. The van der Waals surface area contributed by atoms with Crippen molar-refractivity contribution in [2.75, 3.05) is 19.6 Å². The molecule has 1 aliphatic rings. The number of nitrogens with zero attached hydrogens (tertiary/aromatic N) is 1. The molecule has 0 amide bonds. The Morgan fingerprint density at radius 1 is 1.38 bits per heavy atom. The van der Waals surface area contributed by atoms with Crippen molar-refractivity contribution in [3.8, 4) is 0 Å². The lowest BCUT2D eigenvalue weighted by Gasteiger charge is -2.49. The first-order valence-corrected chi connectivity index (χ1v) is 8.27. The topological polar surface area (TPSA) is 15.3 Å². The molecule has 2 heteroatoms. The highest BCUT2D eigenvalue weighted by atomic mass is 15.3. The van der Waals surface area contributed by atoms with Crippen molar-refractivity contribution in [1.29, 1.82) is 0 Å². The first kappa shape index (κ1) is 16.3. The Labute approximate surface area is 130 Å². The van der Waals surface area contributed by atoms with E-state index < -0.39 is 0 Å². The Hall–Kier alpha value is -1.12. The summed E-state index contributed by atoms with van der Waals surface area (Å²) in [6.07, 6.45) is 5.67. The van der Waals surface area contributed by atoms with Gasteiger partial charge in [0.15, 0.2) is 0 Å². The molecule has 1 N–H and O–H groups in total. The highest BCUT2D eigenvalue weighted by molar-refractivity contribution is 5.26. The van der Waals surface area contributed by atoms with Gasteiger partial charge >= 0.3 is 0 Å². The number of hydrogen-bond donors (Lipinski definition) is 1. The Kier molecular flexibility index (Phi) is 5.60. The average molecular weight is 286 g/mol. The van der Waals surface area contributed by atoms with E-state index in [0.29, 0.717) is 6.04 Å². The number of piperazine rings is 1. The van der Waals surface area contributed by atoms with Gasteiger partial charge in [0, 0.05) is 25.7 Å². The van der Waals surface area contributed by atoms with Crippen molar-refractivity contribution < 1.29 is 0 Å². The minimum absolute atomic E-state index is 0.0741. The van der Waals surface area contributed by atoms with Crippen LogP contribution in [-0.2, 0) is 5.54 Å². The highest BCUT2D eigenvalue weighted by Gasteiger charge is 2.39. The van der Waals surface area contributed by atoms with Crippen molar-refractivity contribution in [1.82, 2.24) is 10.2 Å². The van der Waals surface area contributed by atoms with Gasteiger partial charge in [-0.05, 0) is 25.3 Å². The monoisotopic (exact) mass is 286 g/mol. The minimum Gasteiger partial charge on any atom is -0.310 e. The van der Waals surface area contributed by atoms with Crippen molar-refractivity contribution in [3.05, 3.63) is 48.0 Å². The maximum Gasteiger partial charge on any atom is 0.0561 e. The predicted octanol–water partition coefficient (Wildman–Crippen LogP) is 3.80. The second-order valence-electron chi connectivity index (χ2n) is 6.49. The smallest absolute Gasteiger partial charge is 0.0561 e. The molecule has 0 spiro atoms. The molecule has 1 saturated heterocycles. The van der Waals surface area contributed by atoms with Gasteiger partial charge in [-0.15, -0.1) is 0 Å². The van der Waals surface area contributed by atoms with E-state index in [0.717, 1.165) is 25.6 Å². The third kappa shape index (κ3) is 3.56. The standard InChI is InChI=1S/C19H30N2/c1-5-7-13-21-14-18(16(3)6-2)20-15-19(21,4)17-11-9-8-10-12-17/h5,7-12,16,18,20H,6,13-15H2,1-4H3/b7-5+. The molecule has 1 fully saturated rings. The van der Waals surface area contributed by atoms with Crippen LogP contribution in [0, 0.1) is 5.92 Å². The molecule has 1 aromatic rings. The number of hydrogen-bond acceptors (Lipinski definition) is 2. The number of rotatable bonds is 5. The summed E-state index contributed by atoms with van der Waals surface area (Å²) in [5.41, 5.74) is 1.48. The van der Waals surface area contributed by atoms with E-state index in [1.165, 1.54) is 12.0 Å². The van der Waals surface area contributed by atoms with Crippen molar-refractivity contribution in [2.24, 2.45) is 5.92 Å². The number of nitrogens with one attached hydrogen (secondary N) is 1.